The van der Waals surface area contributed by atoms with Gasteiger partial charge in [-0.15, -0.1) is 0 Å². The highest BCUT2D eigenvalue weighted by Crippen LogP contribution is 2.17. The third-order valence-corrected chi connectivity index (χ3v) is 3.10. The summed E-state index contributed by atoms with van der Waals surface area (Å²) in [7, 11) is 1.42. The van der Waals surface area contributed by atoms with Crippen molar-refractivity contribution >= 4 is 11.9 Å². The highest BCUT2D eigenvalue weighted by atomic mass is 16.5. The van der Waals surface area contributed by atoms with Crippen LogP contribution in [0.2, 0.25) is 0 Å². The van der Waals surface area contributed by atoms with Gasteiger partial charge < -0.3 is 15.6 Å². The number of carbonyl (C=O) groups excluding carboxylic acids is 2. The van der Waals surface area contributed by atoms with Crippen molar-refractivity contribution in [3.63, 3.8) is 0 Å². The Balaban J connectivity index is 0. The minimum Gasteiger partial charge on any atom is -0.469 e. The molecule has 5 nitrogen and oxygen atoms in total. The summed E-state index contributed by atoms with van der Waals surface area (Å²) in [6.45, 7) is 7.69. The zero-order chi connectivity index (χ0) is 14.7. The summed E-state index contributed by atoms with van der Waals surface area (Å²) in [6, 6.07) is 0. The van der Waals surface area contributed by atoms with Crippen LogP contribution in [0.1, 0.15) is 52.4 Å². The van der Waals surface area contributed by atoms with Crippen molar-refractivity contribution in [1.82, 2.24) is 6.15 Å². The molecule has 5 heteroatoms. The topological polar surface area (TPSA) is 87.6 Å². The van der Waals surface area contributed by atoms with Gasteiger partial charge in [-0.3, -0.25) is 4.79 Å². The molecule has 0 aliphatic carbocycles. The van der Waals surface area contributed by atoms with Crippen LogP contribution in [0.4, 0.5) is 0 Å². The third-order valence-electron chi connectivity index (χ3n) is 3.10. The molecule has 1 unspecified atom stereocenters. The van der Waals surface area contributed by atoms with Crippen molar-refractivity contribution in [2.75, 3.05) is 13.7 Å². The largest absolute Gasteiger partial charge is 0.469 e. The predicted octanol–water partition coefficient (Wildman–Crippen LogP) is 3.42. The predicted molar refractivity (Wildman–Crippen MR) is 79.7 cm³/mol. The number of hydrogen-bond acceptors (Lipinski definition) is 5. The van der Waals surface area contributed by atoms with E-state index in [0.717, 1.165) is 32.1 Å². The van der Waals surface area contributed by atoms with Gasteiger partial charge in [0.25, 0.3) is 0 Å². The van der Waals surface area contributed by atoms with E-state index in [4.69, 9.17) is 4.74 Å². The highest BCUT2D eigenvalue weighted by Gasteiger charge is 2.11. The van der Waals surface area contributed by atoms with Crippen molar-refractivity contribution in [3.8, 4) is 0 Å². The van der Waals surface area contributed by atoms with Gasteiger partial charge in [-0.05, 0) is 25.7 Å². The minimum absolute atomic E-state index is 0. The van der Waals surface area contributed by atoms with E-state index < -0.39 is 0 Å². The average molecular weight is 287 g/mol. The Labute approximate surface area is 122 Å². The average Bonchev–Trinajstić information content (AvgIpc) is 2.40. The first-order valence-corrected chi connectivity index (χ1v) is 6.90. The first-order valence-electron chi connectivity index (χ1n) is 6.90. The smallest absolute Gasteiger partial charge is 0.333 e. The molecule has 0 saturated carbocycles. The van der Waals surface area contributed by atoms with Crippen LogP contribution in [0.15, 0.2) is 12.2 Å². The normalized spacial score (nSPS) is 11.2. The van der Waals surface area contributed by atoms with E-state index in [0.29, 0.717) is 24.5 Å². The van der Waals surface area contributed by atoms with Gasteiger partial charge in [-0.2, -0.15) is 0 Å². The number of hydrogen-bond donors (Lipinski definition) is 1. The van der Waals surface area contributed by atoms with E-state index >= 15 is 0 Å². The van der Waals surface area contributed by atoms with Crippen LogP contribution in [0.5, 0.6) is 0 Å². The molecule has 0 rings (SSSR count). The summed E-state index contributed by atoms with van der Waals surface area (Å²) in [6.07, 6.45) is 5.40. The molecular formula is C15H29NO4. The highest BCUT2D eigenvalue weighted by molar-refractivity contribution is 5.86. The van der Waals surface area contributed by atoms with Crippen molar-refractivity contribution in [1.29, 1.82) is 0 Å². The molecule has 0 fully saturated rings. The summed E-state index contributed by atoms with van der Waals surface area (Å²) >= 11 is 0. The Morgan fingerprint density at radius 1 is 1.20 bits per heavy atom. The standard InChI is InChI=1S/C15H26O4.H3N/c1-5-13(11-14(16)18-4)9-7-6-8-10-19-15(17)12(2)3;/h13H,2,5-11H2,1,3-4H3;1H3. The Morgan fingerprint density at radius 2 is 1.85 bits per heavy atom. The van der Waals surface area contributed by atoms with Crippen LogP contribution in [-0.4, -0.2) is 25.7 Å². The SMILES string of the molecule is C=C(C)C(=O)OCCCCCC(CC)CC(=O)OC.N. The van der Waals surface area contributed by atoms with Crippen LogP contribution in [0, 0.1) is 5.92 Å². The Morgan fingerprint density at radius 3 is 2.35 bits per heavy atom. The van der Waals surface area contributed by atoms with Gasteiger partial charge in [0.05, 0.1) is 13.7 Å². The lowest BCUT2D eigenvalue weighted by molar-refractivity contribution is -0.142. The van der Waals surface area contributed by atoms with Crippen LogP contribution in [-0.2, 0) is 19.1 Å². The maximum absolute atomic E-state index is 11.2. The summed E-state index contributed by atoms with van der Waals surface area (Å²) in [5.41, 5.74) is 0.434. The summed E-state index contributed by atoms with van der Waals surface area (Å²) in [5.74, 6) is -0.0650. The van der Waals surface area contributed by atoms with Crippen molar-refractivity contribution in [2.45, 2.75) is 52.4 Å². The summed E-state index contributed by atoms with van der Waals surface area (Å²) in [4.78, 5) is 22.3. The Kier molecular flexibility index (Phi) is 13.3. The minimum atomic E-state index is -0.322. The monoisotopic (exact) mass is 287 g/mol. The molecule has 0 radical (unpaired) electrons. The molecule has 0 heterocycles. The Hall–Kier alpha value is -1.36. The van der Waals surface area contributed by atoms with Crippen molar-refractivity contribution < 1.29 is 19.1 Å². The first-order chi connectivity index (χ1) is 9.01. The zero-order valence-electron chi connectivity index (χ0n) is 13.1. The molecule has 0 spiro atoms. The lowest BCUT2D eigenvalue weighted by Crippen LogP contribution is -2.09. The van der Waals surface area contributed by atoms with Crippen LogP contribution < -0.4 is 6.15 Å². The number of unbranched alkanes of at least 4 members (excludes halogenated alkanes) is 2. The molecule has 0 aromatic carbocycles. The molecule has 0 aromatic heterocycles. The van der Waals surface area contributed by atoms with Gasteiger partial charge >= 0.3 is 11.9 Å². The molecule has 0 aromatic rings. The second kappa shape index (κ2) is 12.7. The summed E-state index contributed by atoms with van der Waals surface area (Å²) in [5, 5.41) is 0. The zero-order valence-corrected chi connectivity index (χ0v) is 13.1. The van der Waals surface area contributed by atoms with Gasteiger partial charge in [0.1, 0.15) is 0 Å². The second-order valence-electron chi connectivity index (χ2n) is 4.82. The van der Waals surface area contributed by atoms with Crippen LogP contribution in [0.25, 0.3) is 0 Å². The van der Waals surface area contributed by atoms with E-state index in [1.54, 1.807) is 6.92 Å². The number of ether oxygens (including phenoxy) is 2. The molecule has 0 saturated heterocycles. The maximum atomic E-state index is 11.2. The number of carbonyl (C=O) groups is 2. The van der Waals surface area contributed by atoms with E-state index in [1.807, 2.05) is 0 Å². The lowest BCUT2D eigenvalue weighted by Gasteiger charge is -2.13. The fourth-order valence-electron chi connectivity index (χ4n) is 1.77. The first kappa shape index (κ1) is 20.9. The van der Waals surface area contributed by atoms with E-state index in [2.05, 4.69) is 18.2 Å². The van der Waals surface area contributed by atoms with Crippen molar-refractivity contribution in [3.05, 3.63) is 12.2 Å². The number of methoxy groups -OCH3 is 1. The third kappa shape index (κ3) is 10.6. The van der Waals surface area contributed by atoms with Gasteiger partial charge in [0, 0.05) is 12.0 Å². The van der Waals surface area contributed by atoms with Crippen LogP contribution >= 0.6 is 0 Å². The fourth-order valence-corrected chi connectivity index (χ4v) is 1.77. The quantitative estimate of drug-likeness (QED) is 0.378. The molecule has 0 bridgehead atoms. The Bertz CT molecular complexity index is 302. The van der Waals surface area contributed by atoms with Gasteiger partial charge in [-0.1, -0.05) is 32.8 Å². The van der Waals surface area contributed by atoms with E-state index in [-0.39, 0.29) is 18.1 Å². The van der Waals surface area contributed by atoms with E-state index in [1.165, 1.54) is 7.11 Å². The van der Waals surface area contributed by atoms with Crippen LogP contribution in [0.3, 0.4) is 0 Å². The second-order valence-corrected chi connectivity index (χ2v) is 4.82. The molecule has 118 valence electrons. The lowest BCUT2D eigenvalue weighted by atomic mass is 9.95. The molecule has 1 atom stereocenters. The van der Waals surface area contributed by atoms with Gasteiger partial charge in [0.15, 0.2) is 0 Å². The van der Waals surface area contributed by atoms with Crippen molar-refractivity contribution in [2.24, 2.45) is 5.92 Å². The van der Waals surface area contributed by atoms with Gasteiger partial charge in [-0.25, -0.2) is 4.79 Å². The number of esters is 2. The van der Waals surface area contributed by atoms with E-state index in [9.17, 15) is 9.59 Å². The molecule has 0 aliphatic rings. The molecule has 0 amide bonds. The maximum Gasteiger partial charge on any atom is 0.333 e. The fraction of sp³-hybridized carbons (Fsp3) is 0.733. The summed E-state index contributed by atoms with van der Waals surface area (Å²) < 4.78 is 9.68. The molecule has 3 N–H and O–H groups in total. The molecular weight excluding hydrogens is 258 g/mol. The molecule has 20 heavy (non-hydrogen) atoms. The van der Waals surface area contributed by atoms with Gasteiger partial charge in [0.2, 0.25) is 0 Å². The number of rotatable bonds is 10. The molecule has 0 aliphatic heterocycles.